The highest BCUT2D eigenvalue weighted by atomic mass is 79.9. The van der Waals surface area contributed by atoms with E-state index in [9.17, 15) is 0 Å². The van der Waals surface area contributed by atoms with Crippen molar-refractivity contribution in [3.05, 3.63) is 20.3 Å². The molecule has 1 aliphatic rings. The summed E-state index contributed by atoms with van der Waals surface area (Å²) in [5, 5.41) is 0. The Hall–Kier alpha value is 0.100. The van der Waals surface area contributed by atoms with E-state index in [0.717, 1.165) is 6.42 Å². The Morgan fingerprint density at radius 1 is 1.44 bits per heavy atom. The molecule has 0 amide bonds. The molecule has 1 aliphatic heterocycles. The summed E-state index contributed by atoms with van der Waals surface area (Å²) >= 11 is 5.32. The van der Waals surface area contributed by atoms with Crippen LogP contribution in [0, 0.1) is 12.8 Å². The van der Waals surface area contributed by atoms with Crippen LogP contribution in [-0.4, -0.2) is 11.2 Å². The van der Waals surface area contributed by atoms with E-state index >= 15 is 0 Å². The Balaban J connectivity index is 2.26. The highest BCUT2D eigenvalue weighted by Crippen LogP contribution is 2.48. The second kappa shape index (κ2) is 4.58. The van der Waals surface area contributed by atoms with E-state index in [1.165, 1.54) is 14.2 Å². The second-order valence-corrected chi connectivity index (χ2v) is 8.81. The van der Waals surface area contributed by atoms with Crippen LogP contribution in [0.5, 0.6) is 0 Å². The number of ether oxygens (including phenoxy) is 1. The van der Waals surface area contributed by atoms with Crippen molar-refractivity contribution in [3.63, 3.8) is 0 Å². The van der Waals surface area contributed by atoms with Gasteiger partial charge in [-0.05, 0) is 68.6 Å². The molecule has 1 saturated heterocycles. The van der Waals surface area contributed by atoms with Gasteiger partial charge in [0.05, 0.1) is 15.0 Å². The fraction of sp³-hybridized carbons (Fsp3) is 0.714. The van der Waals surface area contributed by atoms with Crippen LogP contribution in [0.1, 0.15) is 50.6 Å². The number of thiophene rings is 1. The topological polar surface area (TPSA) is 35.2 Å². The third kappa shape index (κ3) is 2.67. The number of hydrogen-bond donors (Lipinski definition) is 1. The van der Waals surface area contributed by atoms with Crippen molar-refractivity contribution >= 4 is 27.3 Å². The Morgan fingerprint density at radius 3 is 2.44 bits per heavy atom. The third-order valence-electron chi connectivity index (χ3n) is 3.78. The number of nitrogens with two attached hydrogens (primary N) is 1. The minimum absolute atomic E-state index is 0.0526. The van der Waals surface area contributed by atoms with Gasteiger partial charge in [0, 0.05) is 16.8 Å². The number of rotatable bonds is 2. The highest BCUT2D eigenvalue weighted by molar-refractivity contribution is 9.11. The maximum Gasteiger partial charge on any atom is 0.0731 e. The number of aryl methyl sites for hydroxylation is 1. The quantitative estimate of drug-likeness (QED) is 0.870. The van der Waals surface area contributed by atoms with Gasteiger partial charge >= 0.3 is 0 Å². The van der Waals surface area contributed by atoms with Crippen molar-refractivity contribution in [3.8, 4) is 0 Å². The van der Waals surface area contributed by atoms with Crippen molar-refractivity contribution in [2.75, 3.05) is 0 Å². The molecule has 1 aromatic heterocycles. The smallest absolute Gasteiger partial charge is 0.0731 e. The molecule has 102 valence electrons. The van der Waals surface area contributed by atoms with Crippen LogP contribution < -0.4 is 5.73 Å². The van der Waals surface area contributed by atoms with Crippen LogP contribution in [0.2, 0.25) is 0 Å². The Kier molecular flexibility index (Phi) is 3.69. The Bertz CT molecular complexity index is 433. The molecule has 2 nitrogen and oxygen atoms in total. The standard InChI is InChI=1S/C14H22BrNOS/c1-8-6-10(18-12(8)15)11(16)9-7-13(2,3)17-14(9,4)5/h6,9,11H,7,16H2,1-5H3. The normalized spacial score (nSPS) is 27.4. The van der Waals surface area contributed by atoms with E-state index in [1.54, 1.807) is 11.3 Å². The molecule has 0 aromatic carbocycles. The summed E-state index contributed by atoms with van der Waals surface area (Å²) in [7, 11) is 0. The lowest BCUT2D eigenvalue weighted by molar-refractivity contribution is -0.0766. The predicted molar refractivity (Wildman–Crippen MR) is 81.0 cm³/mol. The van der Waals surface area contributed by atoms with Gasteiger partial charge in [-0.2, -0.15) is 0 Å². The summed E-state index contributed by atoms with van der Waals surface area (Å²) in [5.74, 6) is 0.359. The van der Waals surface area contributed by atoms with Crippen LogP contribution >= 0.6 is 27.3 Å². The molecule has 2 rings (SSSR count). The van der Waals surface area contributed by atoms with Gasteiger partial charge in [-0.25, -0.2) is 0 Å². The van der Waals surface area contributed by atoms with Crippen molar-refractivity contribution < 1.29 is 4.74 Å². The first-order valence-electron chi connectivity index (χ1n) is 6.34. The molecule has 4 heteroatoms. The minimum Gasteiger partial charge on any atom is -0.369 e. The summed E-state index contributed by atoms with van der Waals surface area (Å²) in [5.41, 5.74) is 7.52. The van der Waals surface area contributed by atoms with E-state index < -0.39 is 0 Å². The van der Waals surface area contributed by atoms with Gasteiger partial charge < -0.3 is 10.5 Å². The van der Waals surface area contributed by atoms with E-state index in [1.807, 2.05) is 0 Å². The zero-order valence-corrected chi connectivity index (χ0v) is 14.1. The predicted octanol–water partition coefficient (Wildman–Crippen LogP) is 4.41. The molecule has 0 aliphatic carbocycles. The van der Waals surface area contributed by atoms with Gasteiger partial charge in [-0.1, -0.05) is 0 Å². The molecule has 1 aromatic rings. The molecule has 0 saturated carbocycles. The van der Waals surface area contributed by atoms with Crippen LogP contribution in [-0.2, 0) is 4.74 Å². The fourth-order valence-corrected chi connectivity index (χ4v) is 4.65. The number of hydrogen-bond acceptors (Lipinski definition) is 3. The molecular weight excluding hydrogens is 310 g/mol. The monoisotopic (exact) mass is 331 g/mol. The lowest BCUT2D eigenvalue weighted by Crippen LogP contribution is -2.35. The average Bonchev–Trinajstić information content (AvgIpc) is 2.63. The molecule has 2 unspecified atom stereocenters. The average molecular weight is 332 g/mol. The summed E-state index contributed by atoms with van der Waals surface area (Å²) in [6.07, 6.45) is 1.01. The van der Waals surface area contributed by atoms with Crippen LogP contribution in [0.15, 0.2) is 9.85 Å². The molecule has 2 N–H and O–H groups in total. The fourth-order valence-electron chi connectivity index (χ4n) is 3.01. The van der Waals surface area contributed by atoms with Crippen molar-refractivity contribution in [2.24, 2.45) is 11.7 Å². The molecule has 18 heavy (non-hydrogen) atoms. The van der Waals surface area contributed by atoms with Gasteiger partial charge in [0.2, 0.25) is 0 Å². The molecule has 0 bridgehead atoms. The molecule has 2 atom stereocenters. The van der Waals surface area contributed by atoms with E-state index in [2.05, 4.69) is 56.6 Å². The minimum atomic E-state index is -0.159. The zero-order chi connectivity index (χ0) is 13.7. The van der Waals surface area contributed by atoms with Crippen LogP contribution in [0.4, 0.5) is 0 Å². The lowest BCUT2D eigenvalue weighted by Gasteiger charge is -2.30. The summed E-state index contributed by atoms with van der Waals surface area (Å²) in [6.45, 7) is 10.7. The first kappa shape index (κ1) is 14.5. The highest BCUT2D eigenvalue weighted by Gasteiger charge is 2.48. The number of halogens is 1. The third-order valence-corrected chi connectivity index (χ3v) is 6.02. The zero-order valence-electron chi connectivity index (χ0n) is 11.7. The second-order valence-electron chi connectivity index (χ2n) is 6.41. The Morgan fingerprint density at radius 2 is 2.06 bits per heavy atom. The summed E-state index contributed by atoms with van der Waals surface area (Å²) in [4.78, 5) is 1.25. The van der Waals surface area contributed by atoms with Gasteiger partial charge in [0.25, 0.3) is 0 Å². The van der Waals surface area contributed by atoms with Gasteiger partial charge in [-0.15, -0.1) is 11.3 Å². The van der Waals surface area contributed by atoms with E-state index in [-0.39, 0.29) is 17.2 Å². The van der Waals surface area contributed by atoms with Crippen molar-refractivity contribution in [1.29, 1.82) is 0 Å². The molecule has 1 fully saturated rings. The van der Waals surface area contributed by atoms with Gasteiger partial charge in [-0.3, -0.25) is 0 Å². The lowest BCUT2D eigenvalue weighted by atomic mass is 9.81. The molecule has 2 heterocycles. The van der Waals surface area contributed by atoms with Crippen molar-refractivity contribution in [2.45, 2.75) is 58.3 Å². The SMILES string of the molecule is Cc1cc(C(N)C2CC(C)(C)OC2(C)C)sc1Br. The maximum atomic E-state index is 6.49. The summed E-state index contributed by atoms with van der Waals surface area (Å²) < 4.78 is 7.33. The molecule has 0 radical (unpaired) electrons. The van der Waals surface area contributed by atoms with Crippen LogP contribution in [0.25, 0.3) is 0 Å². The van der Waals surface area contributed by atoms with Crippen molar-refractivity contribution in [1.82, 2.24) is 0 Å². The molecule has 0 spiro atoms. The Labute approximate surface area is 122 Å². The first-order valence-corrected chi connectivity index (χ1v) is 7.95. The summed E-state index contributed by atoms with van der Waals surface area (Å²) in [6, 6.07) is 2.25. The first-order chi connectivity index (χ1) is 8.12. The van der Waals surface area contributed by atoms with Gasteiger partial charge in [0.1, 0.15) is 0 Å². The van der Waals surface area contributed by atoms with E-state index in [0.29, 0.717) is 5.92 Å². The van der Waals surface area contributed by atoms with E-state index in [4.69, 9.17) is 10.5 Å². The van der Waals surface area contributed by atoms with Gasteiger partial charge in [0.15, 0.2) is 0 Å². The maximum absolute atomic E-state index is 6.49. The molecular formula is C14H22BrNOS. The largest absolute Gasteiger partial charge is 0.369 e. The van der Waals surface area contributed by atoms with Crippen LogP contribution in [0.3, 0.4) is 0 Å².